The van der Waals surface area contributed by atoms with Gasteiger partial charge in [0.1, 0.15) is 17.2 Å². The molecule has 0 spiro atoms. The van der Waals surface area contributed by atoms with E-state index in [2.05, 4.69) is 10.5 Å². The summed E-state index contributed by atoms with van der Waals surface area (Å²) >= 11 is 5.73. The zero-order valence-electron chi connectivity index (χ0n) is 13.7. The van der Waals surface area contributed by atoms with Crippen molar-refractivity contribution in [3.05, 3.63) is 82.9 Å². The predicted octanol–water partition coefficient (Wildman–Crippen LogP) is 5.68. The average molecular weight is 385 g/mol. The first kappa shape index (κ1) is 17.2. The Hall–Kier alpha value is -3.25. The second kappa shape index (κ2) is 6.81. The van der Waals surface area contributed by atoms with Crippen molar-refractivity contribution in [2.24, 2.45) is 0 Å². The Morgan fingerprint density at radius 3 is 2.52 bits per heavy atom. The van der Waals surface area contributed by atoms with Gasteiger partial charge < -0.3 is 9.84 Å². The summed E-state index contributed by atoms with van der Waals surface area (Å²) in [4.78, 5) is 12.5. The molecule has 0 atom stereocenters. The van der Waals surface area contributed by atoms with Crippen LogP contribution in [0.1, 0.15) is 10.4 Å². The maximum Gasteiger partial charge on any atom is 0.255 e. The van der Waals surface area contributed by atoms with Crippen LogP contribution in [0.25, 0.3) is 22.2 Å². The average Bonchev–Trinajstić information content (AvgIpc) is 3.08. The van der Waals surface area contributed by atoms with E-state index in [1.165, 1.54) is 30.3 Å². The van der Waals surface area contributed by atoms with E-state index in [9.17, 15) is 13.6 Å². The van der Waals surface area contributed by atoms with Gasteiger partial charge in [0.25, 0.3) is 5.91 Å². The van der Waals surface area contributed by atoms with Gasteiger partial charge in [0.15, 0.2) is 5.76 Å². The van der Waals surface area contributed by atoms with Gasteiger partial charge in [0.2, 0.25) is 0 Å². The summed E-state index contributed by atoms with van der Waals surface area (Å²) in [6.07, 6.45) is 0. The number of hydrogen-bond donors (Lipinski definition) is 1. The highest BCUT2D eigenvalue weighted by molar-refractivity contribution is 6.31. The summed E-state index contributed by atoms with van der Waals surface area (Å²) in [7, 11) is 0. The summed E-state index contributed by atoms with van der Waals surface area (Å²) in [6.45, 7) is 0. The van der Waals surface area contributed by atoms with Crippen molar-refractivity contribution in [1.29, 1.82) is 0 Å². The molecule has 0 unspecified atom stereocenters. The minimum atomic E-state index is -0.565. The fourth-order valence-corrected chi connectivity index (χ4v) is 2.85. The Morgan fingerprint density at radius 2 is 1.78 bits per heavy atom. The largest absolute Gasteiger partial charge is 0.355 e. The van der Waals surface area contributed by atoms with Crippen molar-refractivity contribution in [3.8, 4) is 11.3 Å². The van der Waals surface area contributed by atoms with Crippen LogP contribution in [-0.4, -0.2) is 11.1 Å². The van der Waals surface area contributed by atoms with Gasteiger partial charge in [-0.3, -0.25) is 4.79 Å². The van der Waals surface area contributed by atoms with E-state index in [0.717, 1.165) is 0 Å². The number of hydrogen-bond acceptors (Lipinski definition) is 3. The molecule has 4 aromatic rings. The first-order chi connectivity index (χ1) is 13.0. The summed E-state index contributed by atoms with van der Waals surface area (Å²) in [5.74, 6) is -0.889. The van der Waals surface area contributed by atoms with Gasteiger partial charge in [-0.25, -0.2) is 8.78 Å². The lowest BCUT2D eigenvalue weighted by molar-refractivity contribution is 0.102. The summed E-state index contributed by atoms with van der Waals surface area (Å²) in [5.41, 5.74) is 1.93. The van der Waals surface area contributed by atoms with Crippen molar-refractivity contribution in [2.75, 3.05) is 5.32 Å². The molecule has 7 heteroatoms. The van der Waals surface area contributed by atoms with Gasteiger partial charge in [0.05, 0.1) is 10.4 Å². The van der Waals surface area contributed by atoms with Crippen LogP contribution in [-0.2, 0) is 0 Å². The number of halogens is 3. The molecule has 0 aliphatic rings. The molecule has 1 heterocycles. The predicted molar refractivity (Wildman–Crippen MR) is 98.8 cm³/mol. The molecule has 134 valence electrons. The zero-order valence-corrected chi connectivity index (χ0v) is 14.4. The number of carbonyl (C=O) groups excluding carboxylic acids is 1. The third kappa shape index (κ3) is 3.39. The van der Waals surface area contributed by atoms with E-state index < -0.39 is 11.7 Å². The molecule has 0 saturated carbocycles. The van der Waals surface area contributed by atoms with Crippen LogP contribution >= 0.6 is 11.6 Å². The fourth-order valence-electron chi connectivity index (χ4n) is 2.67. The van der Waals surface area contributed by atoms with E-state index in [4.69, 9.17) is 16.1 Å². The minimum absolute atomic E-state index is 0.0825. The van der Waals surface area contributed by atoms with Gasteiger partial charge in [-0.2, -0.15) is 0 Å². The third-order valence-electron chi connectivity index (χ3n) is 4.02. The summed E-state index contributed by atoms with van der Waals surface area (Å²) in [5, 5.41) is 7.16. The number of carbonyl (C=O) groups is 1. The molecule has 4 rings (SSSR count). The van der Waals surface area contributed by atoms with E-state index in [0.29, 0.717) is 33.5 Å². The molecule has 0 saturated heterocycles. The highest BCUT2D eigenvalue weighted by atomic mass is 35.5. The molecule has 0 bridgehead atoms. The minimum Gasteiger partial charge on any atom is -0.355 e. The molecular formula is C20H11ClF2N2O2. The third-order valence-corrected chi connectivity index (χ3v) is 4.31. The lowest BCUT2D eigenvalue weighted by Gasteiger charge is -2.06. The van der Waals surface area contributed by atoms with Crippen molar-refractivity contribution >= 4 is 34.1 Å². The summed E-state index contributed by atoms with van der Waals surface area (Å²) < 4.78 is 31.7. The van der Waals surface area contributed by atoms with Crippen LogP contribution in [0.2, 0.25) is 5.02 Å². The molecule has 0 aliphatic heterocycles. The van der Waals surface area contributed by atoms with Crippen LogP contribution in [0, 0.1) is 11.6 Å². The van der Waals surface area contributed by atoms with E-state index >= 15 is 0 Å². The maximum atomic E-state index is 13.2. The normalized spacial score (nSPS) is 10.9. The molecular weight excluding hydrogens is 374 g/mol. The van der Waals surface area contributed by atoms with Crippen LogP contribution in [0.4, 0.5) is 14.5 Å². The molecule has 0 aliphatic carbocycles. The van der Waals surface area contributed by atoms with E-state index in [1.807, 2.05) is 0 Å². The van der Waals surface area contributed by atoms with Crippen molar-refractivity contribution in [2.45, 2.75) is 0 Å². The van der Waals surface area contributed by atoms with Gasteiger partial charge in [-0.05, 0) is 60.7 Å². The highest BCUT2D eigenvalue weighted by Crippen LogP contribution is 2.30. The quantitative estimate of drug-likeness (QED) is 0.494. The van der Waals surface area contributed by atoms with Crippen molar-refractivity contribution < 1.29 is 18.1 Å². The zero-order chi connectivity index (χ0) is 19.0. The molecule has 0 fully saturated rings. The van der Waals surface area contributed by atoms with E-state index in [1.54, 1.807) is 30.3 Å². The smallest absolute Gasteiger partial charge is 0.255 e. The Bertz CT molecular complexity index is 1160. The number of amides is 1. The van der Waals surface area contributed by atoms with Gasteiger partial charge >= 0.3 is 0 Å². The molecule has 4 nitrogen and oxygen atoms in total. The second-order valence-corrected chi connectivity index (χ2v) is 6.24. The van der Waals surface area contributed by atoms with Gasteiger partial charge in [-0.1, -0.05) is 16.8 Å². The van der Waals surface area contributed by atoms with Gasteiger partial charge in [0, 0.05) is 16.8 Å². The number of fused-ring (bicyclic) bond motifs is 1. The molecule has 1 amide bonds. The second-order valence-electron chi connectivity index (χ2n) is 5.83. The monoisotopic (exact) mass is 384 g/mol. The number of aromatic nitrogens is 1. The number of anilines is 1. The Balaban J connectivity index is 1.68. The lowest BCUT2D eigenvalue weighted by Crippen LogP contribution is -2.11. The first-order valence-corrected chi connectivity index (χ1v) is 8.31. The number of rotatable bonds is 3. The van der Waals surface area contributed by atoms with Gasteiger partial charge in [-0.15, -0.1) is 0 Å². The maximum absolute atomic E-state index is 13.2. The number of nitrogens with zero attached hydrogens (tertiary/aromatic N) is 1. The topological polar surface area (TPSA) is 55.1 Å². The molecule has 27 heavy (non-hydrogen) atoms. The SMILES string of the molecule is O=C(Nc1ccc(F)c(Cl)c1)c1ccc2noc(-c3ccc(F)cc3)c2c1. The Kier molecular flexibility index (Phi) is 4.33. The lowest BCUT2D eigenvalue weighted by atomic mass is 10.1. The highest BCUT2D eigenvalue weighted by Gasteiger charge is 2.15. The summed E-state index contributed by atoms with van der Waals surface area (Å²) in [6, 6.07) is 14.6. The van der Waals surface area contributed by atoms with Crippen LogP contribution < -0.4 is 5.32 Å². The molecule has 3 aromatic carbocycles. The fraction of sp³-hybridized carbons (Fsp3) is 0. The number of nitrogens with one attached hydrogen (secondary N) is 1. The van der Waals surface area contributed by atoms with Crippen molar-refractivity contribution in [1.82, 2.24) is 5.16 Å². The Morgan fingerprint density at radius 1 is 1.00 bits per heavy atom. The first-order valence-electron chi connectivity index (χ1n) is 7.93. The molecule has 0 radical (unpaired) electrons. The van der Waals surface area contributed by atoms with Crippen LogP contribution in [0.15, 0.2) is 65.2 Å². The number of benzene rings is 3. The Labute approximate surface area is 157 Å². The molecule has 1 aromatic heterocycles. The van der Waals surface area contributed by atoms with E-state index in [-0.39, 0.29) is 10.8 Å². The van der Waals surface area contributed by atoms with Crippen LogP contribution in [0.3, 0.4) is 0 Å². The van der Waals surface area contributed by atoms with Crippen molar-refractivity contribution in [3.63, 3.8) is 0 Å². The van der Waals surface area contributed by atoms with Crippen LogP contribution in [0.5, 0.6) is 0 Å². The standard InChI is InChI=1S/C20H11ClF2N2O2/c21-16-10-14(6-7-17(16)23)24-20(26)12-3-8-18-15(9-12)19(27-25-18)11-1-4-13(22)5-2-11/h1-10H,(H,24,26). The molecule has 1 N–H and O–H groups in total.